The van der Waals surface area contributed by atoms with E-state index in [1.54, 1.807) is 6.92 Å². The SMILES string of the molecule is Cc1ccccc1C(C)NC(=O)COC(=O)c1ccc(C(F)(F)F)cc1. The van der Waals surface area contributed by atoms with Gasteiger partial charge in [0.05, 0.1) is 17.2 Å². The van der Waals surface area contributed by atoms with Crippen molar-refractivity contribution in [1.29, 1.82) is 0 Å². The lowest BCUT2D eigenvalue weighted by molar-refractivity contribution is -0.137. The zero-order valence-corrected chi connectivity index (χ0v) is 14.3. The molecule has 0 spiro atoms. The van der Waals surface area contributed by atoms with Crippen molar-refractivity contribution in [3.8, 4) is 0 Å². The van der Waals surface area contributed by atoms with Crippen LogP contribution in [-0.2, 0) is 15.7 Å². The van der Waals surface area contributed by atoms with Gasteiger partial charge in [0.2, 0.25) is 0 Å². The molecule has 2 aromatic rings. The van der Waals surface area contributed by atoms with Gasteiger partial charge < -0.3 is 10.1 Å². The molecule has 7 heteroatoms. The Morgan fingerprint density at radius 1 is 1.08 bits per heavy atom. The van der Waals surface area contributed by atoms with E-state index in [1.165, 1.54) is 0 Å². The van der Waals surface area contributed by atoms with Crippen LogP contribution in [-0.4, -0.2) is 18.5 Å². The summed E-state index contributed by atoms with van der Waals surface area (Å²) in [6.45, 7) is 3.20. The van der Waals surface area contributed by atoms with Crippen LogP contribution in [0.2, 0.25) is 0 Å². The van der Waals surface area contributed by atoms with Gasteiger partial charge in [-0.15, -0.1) is 0 Å². The first-order valence-electron chi connectivity index (χ1n) is 7.87. The summed E-state index contributed by atoms with van der Waals surface area (Å²) in [6.07, 6.45) is -4.48. The number of amides is 1. The number of esters is 1. The molecular weight excluding hydrogens is 347 g/mol. The number of hydrogen-bond acceptors (Lipinski definition) is 3. The Labute approximate surface area is 149 Å². The van der Waals surface area contributed by atoms with Gasteiger partial charge >= 0.3 is 12.1 Å². The predicted octanol–water partition coefficient (Wildman–Crippen LogP) is 4.05. The minimum atomic E-state index is -4.48. The molecule has 0 aromatic heterocycles. The molecule has 4 nitrogen and oxygen atoms in total. The molecule has 0 radical (unpaired) electrons. The normalized spacial score (nSPS) is 12.3. The van der Waals surface area contributed by atoms with Crippen LogP contribution in [0.1, 0.15) is 40.0 Å². The minimum Gasteiger partial charge on any atom is -0.452 e. The van der Waals surface area contributed by atoms with Gasteiger partial charge in [0.15, 0.2) is 6.61 Å². The predicted molar refractivity (Wildman–Crippen MR) is 89.5 cm³/mol. The molecule has 1 amide bonds. The number of rotatable bonds is 5. The molecule has 138 valence electrons. The highest BCUT2D eigenvalue weighted by Crippen LogP contribution is 2.29. The number of halogens is 3. The van der Waals surface area contributed by atoms with E-state index >= 15 is 0 Å². The van der Waals surface area contributed by atoms with E-state index in [0.717, 1.165) is 35.4 Å². The van der Waals surface area contributed by atoms with Crippen molar-refractivity contribution < 1.29 is 27.5 Å². The summed E-state index contributed by atoms with van der Waals surface area (Å²) in [6, 6.07) is 10.9. The zero-order valence-electron chi connectivity index (χ0n) is 14.3. The fourth-order valence-electron chi connectivity index (χ4n) is 2.44. The van der Waals surface area contributed by atoms with Crippen molar-refractivity contribution in [2.75, 3.05) is 6.61 Å². The Kier molecular flexibility index (Phi) is 6.02. The highest BCUT2D eigenvalue weighted by Gasteiger charge is 2.30. The molecule has 1 atom stereocenters. The van der Waals surface area contributed by atoms with Gasteiger partial charge in [-0.2, -0.15) is 13.2 Å². The van der Waals surface area contributed by atoms with Gasteiger partial charge in [-0.1, -0.05) is 24.3 Å². The topological polar surface area (TPSA) is 55.4 Å². The van der Waals surface area contributed by atoms with Crippen LogP contribution >= 0.6 is 0 Å². The molecule has 1 N–H and O–H groups in total. The van der Waals surface area contributed by atoms with Crippen molar-refractivity contribution in [2.45, 2.75) is 26.1 Å². The quantitative estimate of drug-likeness (QED) is 0.814. The molecule has 0 aliphatic heterocycles. The Morgan fingerprint density at radius 2 is 1.69 bits per heavy atom. The molecule has 0 saturated carbocycles. The molecule has 0 bridgehead atoms. The first-order valence-corrected chi connectivity index (χ1v) is 7.87. The third kappa shape index (κ3) is 5.08. The molecule has 2 aromatic carbocycles. The lowest BCUT2D eigenvalue weighted by Crippen LogP contribution is -2.31. The van der Waals surface area contributed by atoms with Crippen LogP contribution in [0, 0.1) is 6.92 Å². The number of alkyl halides is 3. The molecule has 0 heterocycles. The van der Waals surface area contributed by atoms with E-state index in [0.29, 0.717) is 0 Å². The largest absolute Gasteiger partial charge is 0.452 e. The summed E-state index contributed by atoms with van der Waals surface area (Å²) in [4.78, 5) is 23.8. The Bertz CT molecular complexity index is 785. The number of ether oxygens (including phenoxy) is 1. The van der Waals surface area contributed by atoms with Crippen LogP contribution in [0.5, 0.6) is 0 Å². The smallest absolute Gasteiger partial charge is 0.416 e. The van der Waals surface area contributed by atoms with Crippen molar-refractivity contribution in [3.05, 3.63) is 70.8 Å². The summed E-state index contributed by atoms with van der Waals surface area (Å²) in [7, 11) is 0. The third-order valence-electron chi connectivity index (χ3n) is 3.81. The van der Waals surface area contributed by atoms with Crippen LogP contribution in [0.15, 0.2) is 48.5 Å². The van der Waals surface area contributed by atoms with Crippen LogP contribution < -0.4 is 5.32 Å². The first-order chi connectivity index (χ1) is 12.2. The highest BCUT2D eigenvalue weighted by atomic mass is 19.4. The Morgan fingerprint density at radius 3 is 2.27 bits per heavy atom. The summed E-state index contributed by atoms with van der Waals surface area (Å²) in [5.41, 5.74) is 1.04. The standard InChI is InChI=1S/C19H18F3NO3/c1-12-5-3-4-6-16(12)13(2)23-17(24)11-26-18(25)14-7-9-15(10-8-14)19(20,21)22/h3-10,13H,11H2,1-2H3,(H,23,24). The van der Waals surface area contributed by atoms with E-state index in [-0.39, 0.29) is 11.6 Å². The van der Waals surface area contributed by atoms with E-state index in [9.17, 15) is 22.8 Å². The maximum absolute atomic E-state index is 12.5. The van der Waals surface area contributed by atoms with Crippen LogP contribution in [0.3, 0.4) is 0 Å². The lowest BCUT2D eigenvalue weighted by atomic mass is 10.0. The van der Waals surface area contributed by atoms with Gasteiger partial charge in [0.1, 0.15) is 0 Å². The summed E-state index contributed by atoms with van der Waals surface area (Å²) < 4.78 is 42.3. The fourth-order valence-corrected chi connectivity index (χ4v) is 2.44. The molecular formula is C19H18F3NO3. The number of carbonyl (C=O) groups is 2. The second kappa shape index (κ2) is 8.03. The molecule has 2 rings (SSSR count). The van der Waals surface area contributed by atoms with Gasteiger partial charge in [0.25, 0.3) is 5.91 Å². The second-order valence-electron chi connectivity index (χ2n) is 5.80. The summed E-state index contributed by atoms with van der Waals surface area (Å²) >= 11 is 0. The molecule has 0 aliphatic carbocycles. The average Bonchev–Trinajstić information content (AvgIpc) is 2.59. The van der Waals surface area contributed by atoms with E-state index in [2.05, 4.69) is 5.32 Å². The Hall–Kier alpha value is -2.83. The van der Waals surface area contributed by atoms with Gasteiger partial charge in [-0.3, -0.25) is 4.79 Å². The zero-order chi connectivity index (χ0) is 19.3. The van der Waals surface area contributed by atoms with Crippen molar-refractivity contribution in [2.24, 2.45) is 0 Å². The van der Waals surface area contributed by atoms with Crippen molar-refractivity contribution in [3.63, 3.8) is 0 Å². The number of hydrogen-bond donors (Lipinski definition) is 1. The number of benzene rings is 2. The van der Waals surface area contributed by atoms with Gasteiger partial charge in [-0.05, 0) is 49.2 Å². The minimum absolute atomic E-state index is 0.0576. The molecule has 0 aliphatic rings. The fraction of sp³-hybridized carbons (Fsp3) is 0.263. The maximum atomic E-state index is 12.5. The summed E-state index contributed by atoms with van der Waals surface area (Å²) in [5, 5.41) is 2.71. The maximum Gasteiger partial charge on any atom is 0.416 e. The summed E-state index contributed by atoms with van der Waals surface area (Å²) in [5.74, 6) is -1.36. The van der Waals surface area contributed by atoms with Crippen LogP contribution in [0.25, 0.3) is 0 Å². The second-order valence-corrected chi connectivity index (χ2v) is 5.80. The van der Waals surface area contributed by atoms with Crippen LogP contribution in [0.4, 0.5) is 13.2 Å². The molecule has 1 unspecified atom stereocenters. The number of nitrogens with one attached hydrogen (secondary N) is 1. The molecule has 0 fully saturated rings. The monoisotopic (exact) mass is 365 g/mol. The average molecular weight is 365 g/mol. The molecule has 0 saturated heterocycles. The van der Waals surface area contributed by atoms with E-state index in [1.807, 2.05) is 31.2 Å². The number of carbonyl (C=O) groups excluding carboxylic acids is 2. The van der Waals surface area contributed by atoms with Gasteiger partial charge in [-0.25, -0.2) is 4.79 Å². The van der Waals surface area contributed by atoms with E-state index in [4.69, 9.17) is 4.74 Å². The third-order valence-corrected chi connectivity index (χ3v) is 3.81. The van der Waals surface area contributed by atoms with Gasteiger partial charge in [0, 0.05) is 0 Å². The molecule has 26 heavy (non-hydrogen) atoms. The first kappa shape index (κ1) is 19.5. The van der Waals surface area contributed by atoms with Crippen molar-refractivity contribution >= 4 is 11.9 Å². The highest BCUT2D eigenvalue weighted by molar-refractivity contribution is 5.91. The Balaban J connectivity index is 1.89. The van der Waals surface area contributed by atoms with Crippen molar-refractivity contribution in [1.82, 2.24) is 5.32 Å². The lowest BCUT2D eigenvalue weighted by Gasteiger charge is -2.16. The number of aryl methyl sites for hydroxylation is 1. The van der Waals surface area contributed by atoms with E-state index < -0.39 is 30.2 Å².